The molecule has 3 aromatic rings. The Morgan fingerprint density at radius 2 is 1.64 bits per heavy atom. The number of halogens is 1. The lowest BCUT2D eigenvalue weighted by atomic mass is 10.0. The van der Waals surface area contributed by atoms with Gasteiger partial charge in [-0.05, 0) is 23.3 Å². The van der Waals surface area contributed by atoms with E-state index in [4.69, 9.17) is 28.6 Å². The number of thioether (sulfide) groups is 1. The standard InChI is InChI=1S/C27H19ClN2O4S2/c1-34-26(33)22(16-9-3-2-4-10-16)30-25(32)23(36-27(30)35)21-18-12-6-8-14-20(18)29(24(21)31)15-17-11-5-7-13-19(17)28/h2-14,22H,15H2,1H3/b23-21-. The Kier molecular flexibility index (Phi) is 6.66. The van der Waals surface area contributed by atoms with Crippen LogP contribution in [-0.2, 0) is 25.7 Å². The average Bonchev–Trinajstić information content (AvgIpc) is 3.33. The van der Waals surface area contributed by atoms with Crippen molar-refractivity contribution in [2.24, 2.45) is 0 Å². The first kappa shape index (κ1) is 24.2. The van der Waals surface area contributed by atoms with Crippen molar-refractivity contribution in [3.8, 4) is 0 Å². The number of carbonyl (C=O) groups is 3. The third-order valence-electron chi connectivity index (χ3n) is 6.03. The van der Waals surface area contributed by atoms with Gasteiger partial charge in [-0.2, -0.15) is 0 Å². The van der Waals surface area contributed by atoms with Crippen LogP contribution in [0.1, 0.15) is 22.7 Å². The van der Waals surface area contributed by atoms with Crippen LogP contribution in [0.15, 0.2) is 83.8 Å². The number of benzene rings is 3. The molecule has 3 aromatic carbocycles. The summed E-state index contributed by atoms with van der Waals surface area (Å²) in [6.45, 7) is 0.244. The van der Waals surface area contributed by atoms with Gasteiger partial charge < -0.3 is 9.64 Å². The van der Waals surface area contributed by atoms with Crippen LogP contribution in [0.3, 0.4) is 0 Å². The number of thiocarbonyl (C=S) groups is 1. The highest BCUT2D eigenvalue weighted by Gasteiger charge is 2.46. The average molecular weight is 535 g/mol. The highest BCUT2D eigenvalue weighted by Crippen LogP contribution is 2.47. The summed E-state index contributed by atoms with van der Waals surface area (Å²) in [6.07, 6.45) is 0. The molecule has 5 rings (SSSR count). The Bertz CT molecular complexity index is 1440. The van der Waals surface area contributed by atoms with Gasteiger partial charge in [0.15, 0.2) is 6.04 Å². The van der Waals surface area contributed by atoms with Crippen LogP contribution in [0.25, 0.3) is 5.57 Å². The third-order valence-corrected chi connectivity index (χ3v) is 7.80. The number of hydrogen-bond donors (Lipinski definition) is 0. The number of para-hydroxylation sites is 1. The topological polar surface area (TPSA) is 66.9 Å². The zero-order chi connectivity index (χ0) is 25.4. The van der Waals surface area contributed by atoms with E-state index in [9.17, 15) is 14.4 Å². The van der Waals surface area contributed by atoms with E-state index in [0.29, 0.717) is 21.8 Å². The molecule has 0 radical (unpaired) electrons. The number of hydrogen-bond acceptors (Lipinski definition) is 6. The number of esters is 1. The molecule has 2 aliphatic heterocycles. The maximum atomic E-state index is 13.8. The summed E-state index contributed by atoms with van der Waals surface area (Å²) in [7, 11) is 1.26. The molecule has 9 heteroatoms. The van der Waals surface area contributed by atoms with Crippen LogP contribution in [0.5, 0.6) is 0 Å². The van der Waals surface area contributed by atoms with Crippen molar-refractivity contribution in [3.05, 3.63) is 105 Å². The number of fused-ring (bicyclic) bond motifs is 1. The van der Waals surface area contributed by atoms with Gasteiger partial charge in [0.25, 0.3) is 11.8 Å². The van der Waals surface area contributed by atoms with Crippen LogP contribution < -0.4 is 4.90 Å². The second-order valence-corrected chi connectivity index (χ2v) is 10.1. The molecule has 0 aliphatic carbocycles. The van der Waals surface area contributed by atoms with E-state index in [1.165, 1.54) is 12.0 Å². The fraction of sp³-hybridized carbons (Fsp3) is 0.111. The molecule has 0 saturated carbocycles. The van der Waals surface area contributed by atoms with E-state index in [-0.39, 0.29) is 27.3 Å². The normalized spacial score (nSPS) is 18.0. The van der Waals surface area contributed by atoms with Crippen LogP contribution in [0.2, 0.25) is 5.02 Å². The molecule has 1 fully saturated rings. The smallest absolute Gasteiger partial charge is 0.333 e. The summed E-state index contributed by atoms with van der Waals surface area (Å²) in [5.41, 5.74) is 2.91. The zero-order valence-corrected chi connectivity index (χ0v) is 21.4. The predicted molar refractivity (Wildman–Crippen MR) is 144 cm³/mol. The number of nitrogens with zero attached hydrogens (tertiary/aromatic N) is 2. The quantitative estimate of drug-likeness (QED) is 0.249. The third kappa shape index (κ3) is 4.11. The van der Waals surface area contributed by atoms with Crippen molar-refractivity contribution >= 4 is 68.9 Å². The summed E-state index contributed by atoms with van der Waals surface area (Å²) in [6, 6.07) is 22.3. The van der Waals surface area contributed by atoms with Crippen molar-refractivity contribution in [3.63, 3.8) is 0 Å². The minimum Gasteiger partial charge on any atom is -0.467 e. The maximum absolute atomic E-state index is 13.8. The molecule has 1 unspecified atom stereocenters. The number of methoxy groups -OCH3 is 1. The fourth-order valence-electron chi connectivity index (χ4n) is 4.34. The van der Waals surface area contributed by atoms with Crippen LogP contribution in [0.4, 0.5) is 5.69 Å². The van der Waals surface area contributed by atoms with Gasteiger partial charge >= 0.3 is 5.97 Å². The first-order valence-corrected chi connectivity index (χ1v) is 12.6. The van der Waals surface area contributed by atoms with E-state index >= 15 is 0 Å². The van der Waals surface area contributed by atoms with Crippen LogP contribution in [0, 0.1) is 0 Å². The van der Waals surface area contributed by atoms with Gasteiger partial charge in [-0.25, -0.2) is 4.79 Å². The number of anilines is 1. The minimum absolute atomic E-state index is 0.177. The van der Waals surface area contributed by atoms with E-state index < -0.39 is 17.9 Å². The lowest BCUT2D eigenvalue weighted by Crippen LogP contribution is -2.38. The summed E-state index contributed by atoms with van der Waals surface area (Å²) < 4.78 is 5.18. The Hall–Kier alpha value is -3.46. The first-order valence-electron chi connectivity index (χ1n) is 11.0. The monoisotopic (exact) mass is 534 g/mol. The van der Waals surface area contributed by atoms with Gasteiger partial charge in [0.2, 0.25) is 0 Å². The first-order chi connectivity index (χ1) is 17.4. The molecule has 0 spiro atoms. The highest BCUT2D eigenvalue weighted by molar-refractivity contribution is 8.26. The minimum atomic E-state index is -1.06. The number of ether oxygens (including phenoxy) is 1. The lowest BCUT2D eigenvalue weighted by molar-refractivity contribution is -0.148. The molecule has 36 heavy (non-hydrogen) atoms. The molecule has 0 bridgehead atoms. The zero-order valence-electron chi connectivity index (χ0n) is 19.0. The Morgan fingerprint density at radius 3 is 2.36 bits per heavy atom. The van der Waals surface area contributed by atoms with Gasteiger partial charge in [-0.3, -0.25) is 14.5 Å². The van der Waals surface area contributed by atoms with Crippen molar-refractivity contribution in [2.45, 2.75) is 12.6 Å². The molecule has 180 valence electrons. The molecule has 2 amide bonds. The van der Waals surface area contributed by atoms with Gasteiger partial charge in [0.1, 0.15) is 4.32 Å². The Labute approximate surface area is 222 Å². The summed E-state index contributed by atoms with van der Waals surface area (Å²) in [4.78, 5) is 43.3. The molecule has 6 nitrogen and oxygen atoms in total. The SMILES string of the molecule is COC(=O)C(c1ccccc1)N1C(=O)/C(=C2/C(=O)N(Cc3ccccc3Cl)c3ccccc32)SC1=S. The second-order valence-electron chi connectivity index (χ2n) is 8.08. The van der Waals surface area contributed by atoms with Crippen molar-refractivity contribution in [2.75, 3.05) is 12.0 Å². The maximum Gasteiger partial charge on any atom is 0.333 e. The largest absolute Gasteiger partial charge is 0.467 e. The highest BCUT2D eigenvalue weighted by atomic mass is 35.5. The van der Waals surface area contributed by atoms with Crippen LogP contribution in [-0.4, -0.2) is 34.1 Å². The molecule has 0 aromatic heterocycles. The van der Waals surface area contributed by atoms with Gasteiger partial charge in [-0.1, -0.05) is 102 Å². The lowest BCUT2D eigenvalue weighted by Gasteiger charge is -2.24. The van der Waals surface area contributed by atoms with Gasteiger partial charge in [-0.15, -0.1) is 0 Å². The van der Waals surface area contributed by atoms with Crippen molar-refractivity contribution in [1.29, 1.82) is 0 Å². The van der Waals surface area contributed by atoms with Gasteiger partial charge in [0, 0.05) is 10.6 Å². The molecule has 2 aliphatic rings. The molecule has 1 saturated heterocycles. The molecule has 2 heterocycles. The summed E-state index contributed by atoms with van der Waals surface area (Å²) in [5, 5.41) is 0.548. The number of amides is 2. The number of carbonyl (C=O) groups excluding carboxylic acids is 3. The Balaban J connectivity index is 1.58. The van der Waals surface area contributed by atoms with Crippen molar-refractivity contribution < 1.29 is 19.1 Å². The summed E-state index contributed by atoms with van der Waals surface area (Å²) >= 11 is 12.9. The number of rotatable bonds is 5. The fourth-order valence-corrected chi connectivity index (χ4v) is 5.92. The van der Waals surface area contributed by atoms with Crippen molar-refractivity contribution in [1.82, 2.24) is 4.90 Å². The molecular formula is C27H19ClN2O4S2. The Morgan fingerprint density at radius 1 is 0.972 bits per heavy atom. The van der Waals surface area contributed by atoms with E-state index in [1.54, 1.807) is 41.3 Å². The van der Waals surface area contributed by atoms with Gasteiger partial charge in [0.05, 0.1) is 29.8 Å². The molecule has 1 atom stereocenters. The second kappa shape index (κ2) is 9.89. The predicted octanol–water partition coefficient (Wildman–Crippen LogP) is 5.37. The van der Waals surface area contributed by atoms with E-state index in [0.717, 1.165) is 17.3 Å². The molecule has 0 N–H and O–H groups in total. The van der Waals surface area contributed by atoms with E-state index in [2.05, 4.69) is 0 Å². The molecular weight excluding hydrogens is 516 g/mol. The van der Waals surface area contributed by atoms with E-state index in [1.807, 2.05) is 42.5 Å². The summed E-state index contributed by atoms with van der Waals surface area (Å²) in [5.74, 6) is -1.46. The van der Waals surface area contributed by atoms with Crippen LogP contribution >= 0.6 is 35.6 Å².